The molecule has 22 heavy (non-hydrogen) atoms. The number of carbonyl (C=O) groups is 2. The fourth-order valence-corrected chi connectivity index (χ4v) is 2.28. The third kappa shape index (κ3) is 4.54. The largest absolute Gasteiger partial charge is 0.462 e. The number of esters is 1. The van der Waals surface area contributed by atoms with E-state index >= 15 is 0 Å². The molecule has 1 aliphatic heterocycles. The number of rotatable bonds is 5. The molecule has 1 aromatic carbocycles. The van der Waals surface area contributed by atoms with Gasteiger partial charge in [0.05, 0.1) is 24.4 Å². The highest BCUT2D eigenvalue weighted by molar-refractivity contribution is 5.96. The summed E-state index contributed by atoms with van der Waals surface area (Å²) in [4.78, 5) is 23.6. The molecule has 6 heteroatoms. The Hall–Kier alpha value is -1.92. The van der Waals surface area contributed by atoms with E-state index in [-0.39, 0.29) is 18.1 Å². The van der Waals surface area contributed by atoms with Crippen molar-refractivity contribution in [2.24, 2.45) is 0 Å². The smallest absolute Gasteiger partial charge is 0.338 e. The monoisotopic (exact) mass is 307 g/mol. The lowest BCUT2D eigenvalue weighted by Crippen LogP contribution is -2.39. The van der Waals surface area contributed by atoms with Crippen LogP contribution in [0, 0.1) is 0 Å². The van der Waals surface area contributed by atoms with Gasteiger partial charge >= 0.3 is 5.97 Å². The van der Waals surface area contributed by atoms with Gasteiger partial charge in [0, 0.05) is 25.1 Å². The van der Waals surface area contributed by atoms with Crippen molar-refractivity contribution in [3.8, 4) is 0 Å². The first-order valence-electron chi connectivity index (χ1n) is 7.45. The number of nitrogens with one attached hydrogen (secondary N) is 1. The van der Waals surface area contributed by atoms with Gasteiger partial charge in [-0.1, -0.05) is 0 Å². The number of carbonyl (C=O) groups excluding carboxylic acids is 2. The van der Waals surface area contributed by atoms with Crippen LogP contribution in [0.4, 0.5) is 0 Å². The number of benzene rings is 1. The van der Waals surface area contributed by atoms with Crippen molar-refractivity contribution in [1.82, 2.24) is 5.32 Å². The van der Waals surface area contributed by atoms with E-state index in [1.807, 2.05) is 0 Å². The van der Waals surface area contributed by atoms with E-state index in [1.54, 1.807) is 31.2 Å². The molecule has 1 aliphatic rings. The van der Waals surface area contributed by atoms with Gasteiger partial charge in [-0.15, -0.1) is 0 Å². The average Bonchev–Trinajstić information content (AvgIpc) is 2.53. The Morgan fingerprint density at radius 3 is 2.64 bits per heavy atom. The second-order valence-electron chi connectivity index (χ2n) is 5.18. The third-order valence-electron chi connectivity index (χ3n) is 3.49. The van der Waals surface area contributed by atoms with Gasteiger partial charge in [-0.05, 0) is 37.6 Å². The number of amides is 1. The Kier molecular flexibility index (Phi) is 5.91. The number of aliphatic hydroxyl groups excluding tert-OH is 1. The van der Waals surface area contributed by atoms with Crippen LogP contribution in [0.5, 0.6) is 0 Å². The van der Waals surface area contributed by atoms with E-state index in [0.717, 1.165) is 0 Å². The molecular formula is C16H21NO5. The van der Waals surface area contributed by atoms with Gasteiger partial charge in [-0.3, -0.25) is 4.79 Å². The Labute approximate surface area is 129 Å². The predicted molar refractivity (Wildman–Crippen MR) is 79.7 cm³/mol. The number of ether oxygens (including phenoxy) is 2. The van der Waals surface area contributed by atoms with Crippen molar-refractivity contribution in [2.75, 3.05) is 19.8 Å². The van der Waals surface area contributed by atoms with Crippen LogP contribution in [0.3, 0.4) is 0 Å². The summed E-state index contributed by atoms with van der Waals surface area (Å²) in [5.41, 5.74) is 0.876. The van der Waals surface area contributed by atoms with Crippen LogP contribution < -0.4 is 5.32 Å². The first-order chi connectivity index (χ1) is 10.6. The van der Waals surface area contributed by atoms with Gasteiger partial charge in [0.15, 0.2) is 0 Å². The summed E-state index contributed by atoms with van der Waals surface area (Å²) < 4.78 is 10.4. The number of aliphatic hydroxyl groups is 1. The van der Waals surface area contributed by atoms with Crippen LogP contribution >= 0.6 is 0 Å². The Bertz CT molecular complexity index is 514. The summed E-state index contributed by atoms with van der Waals surface area (Å²) in [6, 6.07) is 6.29. The highest BCUT2D eigenvalue weighted by atomic mass is 16.5. The van der Waals surface area contributed by atoms with E-state index in [1.165, 1.54) is 0 Å². The second kappa shape index (κ2) is 7.91. The van der Waals surface area contributed by atoms with Crippen molar-refractivity contribution in [1.29, 1.82) is 0 Å². The summed E-state index contributed by atoms with van der Waals surface area (Å²) in [5, 5.41) is 12.3. The molecule has 0 radical (unpaired) electrons. The molecule has 0 unspecified atom stereocenters. The highest BCUT2D eigenvalue weighted by Crippen LogP contribution is 2.13. The van der Waals surface area contributed by atoms with Crippen molar-refractivity contribution in [3.63, 3.8) is 0 Å². The fraction of sp³-hybridized carbons (Fsp3) is 0.500. The summed E-state index contributed by atoms with van der Waals surface area (Å²) in [6.07, 6.45) is 0.646. The van der Waals surface area contributed by atoms with Crippen molar-refractivity contribution >= 4 is 11.9 Å². The molecular weight excluding hydrogens is 286 g/mol. The molecule has 2 atom stereocenters. The molecule has 1 heterocycles. The van der Waals surface area contributed by atoms with Crippen molar-refractivity contribution < 1.29 is 24.2 Å². The zero-order chi connectivity index (χ0) is 15.9. The highest BCUT2D eigenvalue weighted by Gasteiger charge is 2.21. The Morgan fingerprint density at radius 2 is 2.00 bits per heavy atom. The lowest BCUT2D eigenvalue weighted by molar-refractivity contribution is -0.0411. The van der Waals surface area contributed by atoms with Crippen LogP contribution in [-0.4, -0.2) is 48.9 Å². The van der Waals surface area contributed by atoms with Crippen LogP contribution in [0.2, 0.25) is 0 Å². The Morgan fingerprint density at radius 1 is 1.32 bits per heavy atom. The molecule has 0 aliphatic carbocycles. The third-order valence-corrected chi connectivity index (χ3v) is 3.49. The summed E-state index contributed by atoms with van der Waals surface area (Å²) >= 11 is 0. The second-order valence-corrected chi connectivity index (χ2v) is 5.18. The minimum Gasteiger partial charge on any atom is -0.462 e. The van der Waals surface area contributed by atoms with Gasteiger partial charge in [-0.2, -0.15) is 0 Å². The minimum absolute atomic E-state index is 0.161. The van der Waals surface area contributed by atoms with Crippen LogP contribution in [0.15, 0.2) is 24.3 Å². The molecule has 1 fully saturated rings. The molecule has 2 N–H and O–H groups in total. The lowest BCUT2D eigenvalue weighted by Gasteiger charge is -2.26. The molecule has 120 valence electrons. The van der Waals surface area contributed by atoms with E-state index in [4.69, 9.17) is 9.47 Å². The van der Waals surface area contributed by atoms with Crippen LogP contribution in [-0.2, 0) is 9.47 Å². The quantitative estimate of drug-likeness (QED) is 0.797. The SMILES string of the molecule is CCOC(=O)c1ccc(C(=O)NC[C@@H]2C[C@H](O)CCO2)cc1. The molecule has 1 aromatic rings. The zero-order valence-electron chi connectivity index (χ0n) is 12.6. The molecule has 1 amide bonds. The molecule has 0 aromatic heterocycles. The van der Waals surface area contributed by atoms with E-state index < -0.39 is 5.97 Å². The topological polar surface area (TPSA) is 84.9 Å². The maximum Gasteiger partial charge on any atom is 0.338 e. The van der Waals surface area contributed by atoms with Gasteiger partial charge in [0.25, 0.3) is 5.91 Å². The summed E-state index contributed by atoms with van der Waals surface area (Å²) in [6.45, 7) is 2.92. The van der Waals surface area contributed by atoms with Crippen LogP contribution in [0.1, 0.15) is 40.5 Å². The van der Waals surface area contributed by atoms with E-state index in [2.05, 4.69) is 5.32 Å². The van der Waals surface area contributed by atoms with Crippen LogP contribution in [0.25, 0.3) is 0 Å². The first-order valence-corrected chi connectivity index (χ1v) is 7.45. The molecule has 6 nitrogen and oxygen atoms in total. The molecule has 0 spiro atoms. The Balaban J connectivity index is 1.85. The lowest BCUT2D eigenvalue weighted by atomic mass is 10.1. The fourth-order valence-electron chi connectivity index (χ4n) is 2.28. The molecule has 0 bridgehead atoms. The number of hydrogen-bond donors (Lipinski definition) is 2. The average molecular weight is 307 g/mol. The van der Waals surface area contributed by atoms with Crippen molar-refractivity contribution in [2.45, 2.75) is 32.0 Å². The standard InChI is InChI=1S/C16H21NO5/c1-2-21-16(20)12-5-3-11(4-6-12)15(19)17-10-14-9-13(18)7-8-22-14/h3-6,13-14,18H,2,7-10H2,1H3,(H,17,19)/t13-,14+/m1/s1. The van der Waals surface area contributed by atoms with Gasteiger partial charge < -0.3 is 19.9 Å². The zero-order valence-corrected chi connectivity index (χ0v) is 12.6. The maximum absolute atomic E-state index is 12.0. The van der Waals surface area contributed by atoms with Gasteiger partial charge in [0.2, 0.25) is 0 Å². The minimum atomic E-state index is -0.404. The normalized spacial score (nSPS) is 21.2. The van der Waals surface area contributed by atoms with Gasteiger partial charge in [0.1, 0.15) is 0 Å². The molecule has 1 saturated heterocycles. The maximum atomic E-state index is 12.0. The predicted octanol–water partition coefficient (Wildman–Crippen LogP) is 1.13. The van der Waals surface area contributed by atoms with Gasteiger partial charge in [-0.25, -0.2) is 4.79 Å². The summed E-state index contributed by atoms with van der Waals surface area (Å²) in [7, 11) is 0. The molecule has 0 saturated carbocycles. The van der Waals surface area contributed by atoms with E-state index in [9.17, 15) is 14.7 Å². The van der Waals surface area contributed by atoms with E-state index in [0.29, 0.717) is 43.7 Å². The molecule has 2 rings (SSSR count). The van der Waals surface area contributed by atoms with Crippen molar-refractivity contribution in [3.05, 3.63) is 35.4 Å². The first kappa shape index (κ1) is 16.5. The summed E-state index contributed by atoms with van der Waals surface area (Å²) in [5.74, 6) is -0.641. The number of hydrogen-bond acceptors (Lipinski definition) is 5.